The van der Waals surface area contributed by atoms with Gasteiger partial charge in [-0.3, -0.25) is 0 Å². The van der Waals surface area contributed by atoms with Gasteiger partial charge in [-0.25, -0.2) is 9.37 Å². The zero-order chi connectivity index (χ0) is 12.4. The maximum absolute atomic E-state index is 12.9. The predicted octanol–water partition coefficient (Wildman–Crippen LogP) is 4.85. The van der Waals surface area contributed by atoms with Crippen LogP contribution < -0.4 is 4.74 Å². The molecule has 0 spiro atoms. The van der Waals surface area contributed by atoms with Crippen molar-refractivity contribution in [1.29, 1.82) is 0 Å². The van der Waals surface area contributed by atoms with Crippen molar-refractivity contribution in [3.05, 3.63) is 50.8 Å². The van der Waals surface area contributed by atoms with Crippen LogP contribution in [0, 0.1) is 12.7 Å². The summed E-state index contributed by atoms with van der Waals surface area (Å²) in [4.78, 5) is 4.15. The van der Waals surface area contributed by atoms with E-state index in [1.165, 1.54) is 12.1 Å². The molecular weight excluding hydrogens is 353 g/mol. The molecule has 0 saturated heterocycles. The molecule has 88 valence electrons. The molecule has 1 aromatic heterocycles. The molecule has 0 bridgehead atoms. The lowest BCUT2D eigenvalue weighted by Gasteiger charge is -2.09. The van der Waals surface area contributed by atoms with Crippen LogP contribution in [0.25, 0.3) is 0 Å². The molecular formula is C12H8Br2FNO. The Morgan fingerprint density at radius 1 is 1.24 bits per heavy atom. The molecule has 0 fully saturated rings. The molecule has 2 rings (SSSR count). The Kier molecular flexibility index (Phi) is 3.79. The van der Waals surface area contributed by atoms with Crippen molar-refractivity contribution >= 4 is 31.9 Å². The monoisotopic (exact) mass is 359 g/mol. The number of hydrogen-bond donors (Lipinski definition) is 0. The fourth-order valence-corrected chi connectivity index (χ4v) is 2.17. The van der Waals surface area contributed by atoms with Crippen molar-refractivity contribution in [3.63, 3.8) is 0 Å². The number of nitrogens with zero attached hydrogens (tertiary/aromatic N) is 1. The molecule has 0 N–H and O–H groups in total. The van der Waals surface area contributed by atoms with Gasteiger partial charge in [-0.1, -0.05) is 0 Å². The van der Waals surface area contributed by atoms with E-state index >= 15 is 0 Å². The summed E-state index contributed by atoms with van der Waals surface area (Å²) in [5.41, 5.74) is 0.899. The maximum Gasteiger partial charge on any atom is 0.222 e. The Morgan fingerprint density at radius 3 is 2.65 bits per heavy atom. The first-order valence-electron chi connectivity index (χ1n) is 4.81. The van der Waals surface area contributed by atoms with Gasteiger partial charge in [0.25, 0.3) is 0 Å². The van der Waals surface area contributed by atoms with E-state index in [0.717, 1.165) is 10.0 Å². The van der Waals surface area contributed by atoms with Gasteiger partial charge in [-0.05, 0) is 63.0 Å². The largest absolute Gasteiger partial charge is 0.438 e. The molecule has 2 aromatic rings. The van der Waals surface area contributed by atoms with Gasteiger partial charge in [-0.15, -0.1) is 0 Å². The number of hydrogen-bond acceptors (Lipinski definition) is 2. The topological polar surface area (TPSA) is 22.1 Å². The van der Waals surface area contributed by atoms with Crippen molar-refractivity contribution in [2.24, 2.45) is 0 Å². The molecule has 0 saturated carbocycles. The van der Waals surface area contributed by atoms with Crippen LogP contribution in [0.1, 0.15) is 5.56 Å². The highest BCUT2D eigenvalue weighted by Crippen LogP contribution is 2.31. The third-order valence-corrected chi connectivity index (χ3v) is 3.15. The second-order valence-corrected chi connectivity index (χ2v) is 5.22. The van der Waals surface area contributed by atoms with E-state index in [9.17, 15) is 4.39 Å². The Morgan fingerprint density at radius 2 is 2.00 bits per heavy atom. The van der Waals surface area contributed by atoms with Crippen LogP contribution in [0.2, 0.25) is 0 Å². The first kappa shape index (κ1) is 12.5. The normalized spacial score (nSPS) is 10.4. The first-order valence-corrected chi connectivity index (χ1v) is 6.40. The Hall–Kier alpha value is -0.940. The molecule has 0 amide bonds. The molecule has 1 heterocycles. The van der Waals surface area contributed by atoms with E-state index in [4.69, 9.17) is 4.74 Å². The summed E-state index contributed by atoms with van der Waals surface area (Å²) in [5, 5.41) is 0. The summed E-state index contributed by atoms with van der Waals surface area (Å²) in [6, 6.07) is 6.15. The first-order chi connectivity index (χ1) is 8.06. The number of ether oxygens (including phenoxy) is 1. The van der Waals surface area contributed by atoms with Crippen LogP contribution in [0.5, 0.6) is 11.6 Å². The van der Waals surface area contributed by atoms with E-state index in [0.29, 0.717) is 16.1 Å². The second kappa shape index (κ2) is 5.14. The quantitative estimate of drug-likeness (QED) is 0.763. The zero-order valence-corrected chi connectivity index (χ0v) is 12.0. The Labute approximate surface area is 115 Å². The standard InChI is InChI=1S/C12H8Br2FNO/c1-7-4-8(13)6-16-12(7)17-11-3-2-9(15)5-10(11)14/h2-6H,1H3. The predicted molar refractivity (Wildman–Crippen MR) is 70.8 cm³/mol. The fraction of sp³-hybridized carbons (Fsp3) is 0.0833. The van der Waals surface area contributed by atoms with E-state index in [2.05, 4.69) is 36.8 Å². The van der Waals surface area contributed by atoms with E-state index in [-0.39, 0.29) is 5.82 Å². The average Bonchev–Trinajstić information content (AvgIpc) is 2.25. The van der Waals surface area contributed by atoms with Gasteiger partial charge in [0.15, 0.2) is 0 Å². The molecule has 0 aliphatic carbocycles. The SMILES string of the molecule is Cc1cc(Br)cnc1Oc1ccc(F)cc1Br. The van der Waals surface area contributed by atoms with Crippen molar-refractivity contribution in [3.8, 4) is 11.6 Å². The van der Waals surface area contributed by atoms with Crippen molar-refractivity contribution in [1.82, 2.24) is 4.98 Å². The van der Waals surface area contributed by atoms with Gasteiger partial charge in [0.1, 0.15) is 11.6 Å². The van der Waals surface area contributed by atoms with E-state index in [1.807, 2.05) is 13.0 Å². The number of aryl methyl sites for hydroxylation is 1. The summed E-state index contributed by atoms with van der Waals surface area (Å²) in [7, 11) is 0. The highest BCUT2D eigenvalue weighted by Gasteiger charge is 2.07. The minimum atomic E-state index is -0.315. The number of aromatic nitrogens is 1. The Balaban J connectivity index is 2.31. The van der Waals surface area contributed by atoms with Crippen molar-refractivity contribution in [2.45, 2.75) is 6.92 Å². The van der Waals surface area contributed by atoms with Crippen molar-refractivity contribution < 1.29 is 9.13 Å². The highest BCUT2D eigenvalue weighted by atomic mass is 79.9. The van der Waals surface area contributed by atoms with Crippen LogP contribution >= 0.6 is 31.9 Å². The lowest BCUT2D eigenvalue weighted by Crippen LogP contribution is -1.92. The number of benzene rings is 1. The smallest absolute Gasteiger partial charge is 0.222 e. The number of rotatable bonds is 2. The minimum absolute atomic E-state index is 0.315. The lowest BCUT2D eigenvalue weighted by atomic mass is 10.3. The molecule has 17 heavy (non-hydrogen) atoms. The van der Waals surface area contributed by atoms with Crippen molar-refractivity contribution in [2.75, 3.05) is 0 Å². The van der Waals surface area contributed by atoms with Crippen LogP contribution in [0.4, 0.5) is 4.39 Å². The number of halogens is 3. The third-order valence-electron chi connectivity index (χ3n) is 2.10. The third kappa shape index (κ3) is 3.04. The molecule has 0 atom stereocenters. The number of pyridine rings is 1. The van der Waals surface area contributed by atoms with Gasteiger partial charge < -0.3 is 4.74 Å². The zero-order valence-electron chi connectivity index (χ0n) is 8.88. The van der Waals surface area contributed by atoms with Gasteiger partial charge >= 0.3 is 0 Å². The maximum atomic E-state index is 12.9. The Bertz CT molecular complexity index is 511. The molecule has 0 aliphatic heterocycles. The summed E-state index contributed by atoms with van der Waals surface area (Å²) >= 11 is 6.57. The molecule has 1 aromatic carbocycles. The van der Waals surface area contributed by atoms with Crippen LogP contribution in [-0.2, 0) is 0 Å². The second-order valence-electron chi connectivity index (χ2n) is 3.45. The highest BCUT2D eigenvalue weighted by molar-refractivity contribution is 9.10. The molecule has 0 radical (unpaired) electrons. The van der Waals surface area contributed by atoms with Crippen LogP contribution in [-0.4, -0.2) is 4.98 Å². The summed E-state index contributed by atoms with van der Waals surface area (Å²) in [6.45, 7) is 1.89. The van der Waals surface area contributed by atoms with Crippen LogP contribution in [0.15, 0.2) is 39.4 Å². The van der Waals surface area contributed by atoms with Crippen LogP contribution in [0.3, 0.4) is 0 Å². The van der Waals surface area contributed by atoms with Gasteiger partial charge in [0.05, 0.1) is 4.47 Å². The lowest BCUT2D eigenvalue weighted by molar-refractivity contribution is 0.454. The van der Waals surface area contributed by atoms with Gasteiger partial charge in [-0.2, -0.15) is 0 Å². The average molecular weight is 361 g/mol. The summed E-state index contributed by atoms with van der Waals surface area (Å²) in [6.07, 6.45) is 1.65. The fourth-order valence-electron chi connectivity index (χ4n) is 1.30. The molecule has 5 heteroatoms. The summed E-state index contributed by atoms with van der Waals surface area (Å²) in [5.74, 6) is 0.717. The van der Waals surface area contributed by atoms with E-state index < -0.39 is 0 Å². The van der Waals surface area contributed by atoms with Gasteiger partial charge in [0.2, 0.25) is 5.88 Å². The molecule has 2 nitrogen and oxygen atoms in total. The van der Waals surface area contributed by atoms with Gasteiger partial charge in [0, 0.05) is 16.2 Å². The summed E-state index contributed by atoms with van der Waals surface area (Å²) < 4.78 is 20.0. The van der Waals surface area contributed by atoms with E-state index in [1.54, 1.807) is 12.3 Å². The minimum Gasteiger partial charge on any atom is -0.438 e. The molecule has 0 aliphatic rings. The molecule has 0 unspecified atom stereocenters.